The van der Waals surface area contributed by atoms with Crippen LogP contribution in [0.25, 0.3) is 0 Å². The largest absolute Gasteiger partial charge is 0.320 e. The van der Waals surface area contributed by atoms with Crippen LogP contribution in [-0.4, -0.2) is 12.1 Å². The summed E-state index contributed by atoms with van der Waals surface area (Å²) in [4.78, 5) is 0. The molecular weight excluding hydrogens is 227 g/mol. The van der Waals surface area contributed by atoms with Crippen molar-refractivity contribution in [1.82, 2.24) is 5.01 Å². The summed E-state index contributed by atoms with van der Waals surface area (Å²) in [5.74, 6) is 5.34. The maximum Gasteiger partial charge on any atom is 0.0327 e. The molecule has 0 saturated heterocycles. The molecule has 0 heterocycles. The molecule has 0 unspecified atom stereocenters. The molecule has 2 N–H and O–H groups in total. The van der Waals surface area contributed by atoms with E-state index in [9.17, 15) is 0 Å². The fraction of sp³-hybridized carbons (Fsp3) is 0.333. The summed E-state index contributed by atoms with van der Waals surface area (Å²) in [6.07, 6.45) is 1.82. The number of nitrogens with two attached hydrogens (primary N) is 1. The minimum atomic E-state index is 1.04. The zero-order valence-corrected chi connectivity index (χ0v) is 7.84. The van der Waals surface area contributed by atoms with Gasteiger partial charge in [0.2, 0.25) is 0 Å². The van der Waals surface area contributed by atoms with E-state index in [1.807, 2.05) is 13.1 Å². The Morgan fingerprint density at radius 2 is 2.22 bits per heavy atom. The molecule has 0 atom stereocenters. The van der Waals surface area contributed by atoms with Gasteiger partial charge in [0.25, 0.3) is 0 Å². The zero-order chi connectivity index (χ0) is 7.44. The monoisotopic (exact) mass is 238 g/mol. The Morgan fingerprint density at radius 3 is 2.33 bits per heavy atom. The number of hydrazine groups is 1. The van der Waals surface area contributed by atoms with Crippen LogP contribution in [0.2, 0.25) is 0 Å². The summed E-state index contributed by atoms with van der Waals surface area (Å²) in [5, 5.41) is 1.51. The summed E-state index contributed by atoms with van der Waals surface area (Å²) in [6, 6.07) is 0. The third-order valence-electron chi connectivity index (χ3n) is 0.725. The van der Waals surface area contributed by atoms with E-state index < -0.39 is 0 Å². The van der Waals surface area contributed by atoms with Gasteiger partial charge >= 0.3 is 0 Å². The number of rotatable bonds is 2. The lowest BCUT2D eigenvalue weighted by Crippen LogP contribution is -2.18. The van der Waals surface area contributed by atoms with Crippen LogP contribution < -0.4 is 5.84 Å². The summed E-state index contributed by atoms with van der Waals surface area (Å²) in [6.45, 7) is 5.70. The Hall–Kier alpha value is -0.0300. The summed E-state index contributed by atoms with van der Waals surface area (Å²) in [5.41, 5.74) is 1.04. The van der Waals surface area contributed by atoms with Crippen molar-refractivity contribution in [2.24, 2.45) is 5.84 Å². The third kappa shape index (κ3) is 4.47. The lowest BCUT2D eigenvalue weighted by atomic mass is 10.3. The van der Waals surface area contributed by atoms with Gasteiger partial charge in [-0.05, 0) is 35.1 Å². The first-order valence-electron chi connectivity index (χ1n) is 2.54. The average molecular weight is 238 g/mol. The number of nitrogens with zero attached hydrogens (tertiary/aromatic N) is 1. The average Bonchev–Trinajstić information content (AvgIpc) is 1.63. The quantitative estimate of drug-likeness (QED) is 0.343. The van der Waals surface area contributed by atoms with Gasteiger partial charge in [-0.25, -0.2) is 5.84 Å². The smallest absolute Gasteiger partial charge is 0.0327 e. The topological polar surface area (TPSA) is 29.3 Å². The highest BCUT2D eigenvalue weighted by molar-refractivity contribution is 14.1. The van der Waals surface area contributed by atoms with Gasteiger partial charge in [0.05, 0.1) is 0 Å². The van der Waals surface area contributed by atoms with E-state index >= 15 is 0 Å². The maximum absolute atomic E-state index is 5.34. The second-order valence-corrected chi connectivity index (χ2v) is 3.09. The van der Waals surface area contributed by atoms with E-state index in [0.717, 1.165) is 9.15 Å². The van der Waals surface area contributed by atoms with Gasteiger partial charge in [0.1, 0.15) is 0 Å². The standard InChI is InChI=1S/C6H11IN2/c1-5(2)6(7)4-9(3)8/h4H,1,8H2,2-3H3/b6-4+. The molecule has 0 aliphatic heterocycles. The van der Waals surface area contributed by atoms with E-state index in [4.69, 9.17) is 5.84 Å². The van der Waals surface area contributed by atoms with Crippen molar-refractivity contribution in [2.75, 3.05) is 7.05 Å². The van der Waals surface area contributed by atoms with Crippen LogP contribution in [0.4, 0.5) is 0 Å². The van der Waals surface area contributed by atoms with E-state index in [1.54, 1.807) is 7.05 Å². The molecule has 0 aliphatic carbocycles. The Balaban J connectivity index is 4.00. The number of hydrogen-bond acceptors (Lipinski definition) is 2. The molecular formula is C6H11IN2. The molecule has 0 spiro atoms. The van der Waals surface area contributed by atoms with Crippen molar-refractivity contribution >= 4 is 22.6 Å². The molecule has 0 radical (unpaired) electrons. The van der Waals surface area contributed by atoms with Gasteiger partial charge in [-0.15, -0.1) is 0 Å². The van der Waals surface area contributed by atoms with Crippen LogP contribution in [0.5, 0.6) is 0 Å². The molecule has 0 aromatic heterocycles. The predicted octanol–water partition coefficient (Wildman–Crippen LogP) is 1.64. The van der Waals surface area contributed by atoms with Crippen molar-refractivity contribution in [3.8, 4) is 0 Å². The van der Waals surface area contributed by atoms with Gasteiger partial charge in [0, 0.05) is 16.8 Å². The van der Waals surface area contributed by atoms with E-state index in [-0.39, 0.29) is 0 Å². The number of halogens is 1. The first-order chi connectivity index (χ1) is 4.04. The summed E-state index contributed by atoms with van der Waals surface area (Å²) < 4.78 is 1.08. The molecule has 52 valence electrons. The van der Waals surface area contributed by atoms with Crippen LogP contribution in [0.15, 0.2) is 21.9 Å². The molecule has 3 heteroatoms. The zero-order valence-electron chi connectivity index (χ0n) is 5.69. The van der Waals surface area contributed by atoms with Crippen LogP contribution in [0.1, 0.15) is 6.92 Å². The molecule has 0 amide bonds. The highest BCUT2D eigenvalue weighted by Gasteiger charge is 1.90. The van der Waals surface area contributed by atoms with Crippen molar-refractivity contribution < 1.29 is 0 Å². The normalized spacial score (nSPS) is 11.3. The molecule has 0 aliphatic rings. The van der Waals surface area contributed by atoms with Gasteiger partial charge in [-0.1, -0.05) is 6.58 Å². The lowest BCUT2D eigenvalue weighted by molar-refractivity contribution is 0.484. The van der Waals surface area contributed by atoms with Crippen molar-refractivity contribution in [1.29, 1.82) is 0 Å². The third-order valence-corrected chi connectivity index (χ3v) is 1.92. The molecule has 9 heavy (non-hydrogen) atoms. The fourth-order valence-electron chi connectivity index (χ4n) is 0.289. The molecule has 0 rings (SSSR count). The van der Waals surface area contributed by atoms with E-state index in [2.05, 4.69) is 29.2 Å². The highest BCUT2D eigenvalue weighted by atomic mass is 127. The first-order valence-corrected chi connectivity index (χ1v) is 3.62. The van der Waals surface area contributed by atoms with E-state index in [0.29, 0.717) is 0 Å². The summed E-state index contributed by atoms with van der Waals surface area (Å²) in [7, 11) is 1.78. The number of hydrogen-bond donors (Lipinski definition) is 1. The lowest BCUT2D eigenvalue weighted by Gasteiger charge is -2.05. The Kier molecular flexibility index (Phi) is 3.88. The Bertz CT molecular complexity index is 138. The Morgan fingerprint density at radius 1 is 1.78 bits per heavy atom. The van der Waals surface area contributed by atoms with Crippen LogP contribution in [-0.2, 0) is 0 Å². The van der Waals surface area contributed by atoms with Gasteiger partial charge in [-0.3, -0.25) is 0 Å². The molecule has 0 bridgehead atoms. The maximum atomic E-state index is 5.34. The number of allylic oxidation sites excluding steroid dienone is 2. The van der Waals surface area contributed by atoms with Crippen LogP contribution in [0.3, 0.4) is 0 Å². The molecule has 0 fully saturated rings. The predicted molar refractivity (Wildman–Crippen MR) is 48.9 cm³/mol. The molecule has 0 saturated carbocycles. The van der Waals surface area contributed by atoms with Gasteiger partial charge in [0.15, 0.2) is 0 Å². The van der Waals surface area contributed by atoms with Gasteiger partial charge < -0.3 is 5.01 Å². The minimum Gasteiger partial charge on any atom is -0.320 e. The molecule has 0 aromatic rings. The van der Waals surface area contributed by atoms with Crippen LogP contribution in [0, 0.1) is 0 Å². The van der Waals surface area contributed by atoms with Gasteiger partial charge in [-0.2, -0.15) is 0 Å². The van der Waals surface area contributed by atoms with E-state index in [1.165, 1.54) is 5.01 Å². The Labute approximate surface area is 69.5 Å². The van der Waals surface area contributed by atoms with Crippen molar-refractivity contribution in [3.05, 3.63) is 21.9 Å². The first kappa shape index (κ1) is 8.97. The second kappa shape index (κ2) is 3.90. The highest BCUT2D eigenvalue weighted by Crippen LogP contribution is 2.14. The van der Waals surface area contributed by atoms with Crippen molar-refractivity contribution in [3.63, 3.8) is 0 Å². The molecule has 0 aromatic carbocycles. The van der Waals surface area contributed by atoms with Crippen molar-refractivity contribution in [2.45, 2.75) is 6.92 Å². The minimum absolute atomic E-state index is 1.04. The summed E-state index contributed by atoms with van der Waals surface area (Å²) >= 11 is 2.19. The fourth-order valence-corrected chi connectivity index (χ4v) is 0.728. The van der Waals surface area contributed by atoms with Crippen LogP contribution >= 0.6 is 22.6 Å². The molecule has 2 nitrogen and oxygen atoms in total. The SMILES string of the molecule is C=C(C)/C(I)=C\N(C)N. The second-order valence-electron chi connectivity index (χ2n) is 1.92.